The Bertz CT molecular complexity index is 564. The maximum Gasteiger partial charge on any atom is 0.134 e. The average Bonchev–Trinajstić information content (AvgIpc) is 2.38. The maximum absolute atomic E-state index is 5.93. The molecule has 2 heteroatoms. The van der Waals surface area contributed by atoms with Gasteiger partial charge in [0.05, 0.1) is 12.7 Å². The summed E-state index contributed by atoms with van der Waals surface area (Å²) in [5, 5.41) is 0.656. The van der Waals surface area contributed by atoms with E-state index in [4.69, 9.17) is 16.3 Å². The Morgan fingerprint density at radius 3 is 2.47 bits per heavy atom. The number of hydrogen-bond donors (Lipinski definition) is 0. The van der Waals surface area contributed by atoms with Crippen molar-refractivity contribution in [1.29, 1.82) is 0 Å². The molecule has 0 fully saturated rings. The van der Waals surface area contributed by atoms with Gasteiger partial charge in [-0.1, -0.05) is 41.6 Å². The first kappa shape index (κ1) is 11.6. The van der Waals surface area contributed by atoms with Gasteiger partial charge in [0.1, 0.15) is 5.75 Å². The topological polar surface area (TPSA) is 9.23 Å². The Labute approximate surface area is 106 Å². The van der Waals surface area contributed by atoms with Gasteiger partial charge >= 0.3 is 0 Å². The van der Waals surface area contributed by atoms with E-state index in [1.807, 2.05) is 36.4 Å². The van der Waals surface area contributed by atoms with Gasteiger partial charge in [-0.2, -0.15) is 0 Å². The molecule has 2 aromatic carbocycles. The van der Waals surface area contributed by atoms with Crippen LogP contribution in [0.2, 0.25) is 5.02 Å². The highest BCUT2D eigenvalue weighted by molar-refractivity contribution is 6.30. The van der Waals surface area contributed by atoms with E-state index in [9.17, 15) is 0 Å². The second-order valence-corrected chi connectivity index (χ2v) is 3.90. The van der Waals surface area contributed by atoms with Gasteiger partial charge in [0, 0.05) is 10.6 Å². The minimum absolute atomic E-state index is 0.656. The zero-order valence-corrected chi connectivity index (χ0v) is 10.2. The molecule has 0 atom stereocenters. The summed E-state index contributed by atoms with van der Waals surface area (Å²) in [5.41, 5.74) is 1.76. The predicted octanol–water partition coefficient (Wildman–Crippen LogP) is 3.75. The van der Waals surface area contributed by atoms with Gasteiger partial charge in [-0.05, 0) is 30.3 Å². The van der Waals surface area contributed by atoms with Crippen molar-refractivity contribution in [1.82, 2.24) is 0 Å². The first-order valence-electron chi connectivity index (χ1n) is 5.20. The minimum atomic E-state index is 0.656. The molecule has 0 saturated heterocycles. The van der Waals surface area contributed by atoms with Crippen molar-refractivity contribution in [2.45, 2.75) is 0 Å². The number of ether oxygens (including phenoxy) is 1. The van der Waals surface area contributed by atoms with Crippen LogP contribution in [0.25, 0.3) is 0 Å². The van der Waals surface area contributed by atoms with Crippen LogP contribution in [0.3, 0.4) is 0 Å². The normalized spacial score (nSPS) is 9.29. The highest BCUT2D eigenvalue weighted by atomic mass is 35.5. The van der Waals surface area contributed by atoms with E-state index in [2.05, 4.69) is 11.8 Å². The first-order chi connectivity index (χ1) is 8.29. The fourth-order valence-electron chi connectivity index (χ4n) is 1.44. The highest BCUT2D eigenvalue weighted by Gasteiger charge is 2.00. The van der Waals surface area contributed by atoms with E-state index in [1.165, 1.54) is 0 Å². The molecule has 2 aromatic rings. The SMILES string of the molecule is COc1ccc(Cl)cc1C#Cc1ccccc1. The Morgan fingerprint density at radius 1 is 1.00 bits per heavy atom. The molecule has 0 aliphatic heterocycles. The molecule has 0 N–H and O–H groups in total. The van der Waals surface area contributed by atoms with Crippen LogP contribution in [0, 0.1) is 11.8 Å². The lowest BCUT2D eigenvalue weighted by Gasteiger charge is -2.02. The molecule has 0 unspecified atom stereocenters. The summed E-state index contributed by atoms with van der Waals surface area (Å²) >= 11 is 5.93. The van der Waals surface area contributed by atoms with Crippen molar-refractivity contribution in [3.63, 3.8) is 0 Å². The average molecular weight is 243 g/mol. The van der Waals surface area contributed by atoms with Gasteiger partial charge in [-0.25, -0.2) is 0 Å². The van der Waals surface area contributed by atoms with Crippen molar-refractivity contribution < 1.29 is 4.74 Å². The number of rotatable bonds is 1. The number of methoxy groups -OCH3 is 1. The van der Waals surface area contributed by atoms with Crippen LogP contribution >= 0.6 is 11.6 Å². The molecule has 1 nitrogen and oxygen atoms in total. The van der Waals surface area contributed by atoms with Crippen molar-refractivity contribution in [3.05, 3.63) is 64.7 Å². The van der Waals surface area contributed by atoms with Gasteiger partial charge in [0.2, 0.25) is 0 Å². The van der Waals surface area contributed by atoms with Crippen molar-refractivity contribution in [2.75, 3.05) is 7.11 Å². The molecule has 0 saturated carbocycles. The molecular formula is C15H11ClO. The van der Waals surface area contributed by atoms with Crippen LogP contribution in [0.1, 0.15) is 11.1 Å². The van der Waals surface area contributed by atoms with Gasteiger partial charge in [-0.15, -0.1) is 0 Å². The monoisotopic (exact) mass is 242 g/mol. The zero-order valence-electron chi connectivity index (χ0n) is 9.41. The molecular weight excluding hydrogens is 232 g/mol. The van der Waals surface area contributed by atoms with Crippen molar-refractivity contribution in [3.8, 4) is 17.6 Å². The molecule has 84 valence electrons. The molecule has 2 rings (SSSR count). The third kappa shape index (κ3) is 3.03. The summed E-state index contributed by atoms with van der Waals surface area (Å²) in [6.07, 6.45) is 0. The summed E-state index contributed by atoms with van der Waals surface area (Å²) in [7, 11) is 1.62. The van der Waals surface area contributed by atoms with E-state index in [0.717, 1.165) is 16.9 Å². The van der Waals surface area contributed by atoms with Crippen molar-refractivity contribution in [2.24, 2.45) is 0 Å². The maximum atomic E-state index is 5.93. The summed E-state index contributed by atoms with van der Waals surface area (Å²) in [5.74, 6) is 6.87. The smallest absolute Gasteiger partial charge is 0.134 e. The van der Waals surface area contributed by atoms with Gasteiger partial charge in [0.15, 0.2) is 0 Å². The minimum Gasteiger partial charge on any atom is -0.495 e. The largest absolute Gasteiger partial charge is 0.495 e. The molecule has 0 heterocycles. The van der Waals surface area contributed by atoms with Gasteiger partial charge < -0.3 is 4.74 Å². The van der Waals surface area contributed by atoms with Crippen LogP contribution < -0.4 is 4.74 Å². The van der Waals surface area contributed by atoms with E-state index in [0.29, 0.717) is 5.02 Å². The standard InChI is InChI=1S/C15H11ClO/c1-17-15-10-9-14(16)11-13(15)8-7-12-5-3-2-4-6-12/h2-6,9-11H,1H3. The number of halogens is 1. The van der Waals surface area contributed by atoms with Crippen LogP contribution in [-0.2, 0) is 0 Å². The third-order valence-corrected chi connectivity index (χ3v) is 2.51. The summed E-state index contributed by atoms with van der Waals surface area (Å²) < 4.78 is 5.23. The van der Waals surface area contributed by atoms with Gasteiger partial charge in [-0.3, -0.25) is 0 Å². The van der Waals surface area contributed by atoms with Crippen LogP contribution in [0.5, 0.6) is 5.75 Å². The lowest BCUT2D eigenvalue weighted by molar-refractivity contribution is 0.413. The molecule has 0 amide bonds. The second kappa shape index (κ2) is 5.43. The molecule has 0 aromatic heterocycles. The fourth-order valence-corrected chi connectivity index (χ4v) is 1.61. The van der Waals surface area contributed by atoms with Gasteiger partial charge in [0.25, 0.3) is 0 Å². The summed E-state index contributed by atoms with van der Waals surface area (Å²) in [6.45, 7) is 0. The molecule has 0 spiro atoms. The zero-order chi connectivity index (χ0) is 12.1. The molecule has 0 aliphatic rings. The predicted molar refractivity (Wildman–Crippen MR) is 70.4 cm³/mol. The molecule has 0 aliphatic carbocycles. The Balaban J connectivity index is 2.36. The van der Waals surface area contributed by atoms with Crippen LogP contribution in [-0.4, -0.2) is 7.11 Å². The van der Waals surface area contributed by atoms with E-state index >= 15 is 0 Å². The molecule has 0 radical (unpaired) electrons. The third-order valence-electron chi connectivity index (χ3n) is 2.28. The fraction of sp³-hybridized carbons (Fsp3) is 0.0667. The van der Waals surface area contributed by atoms with E-state index in [-0.39, 0.29) is 0 Å². The quantitative estimate of drug-likeness (QED) is 0.692. The first-order valence-corrected chi connectivity index (χ1v) is 5.58. The summed E-state index contributed by atoms with van der Waals surface area (Å²) in [4.78, 5) is 0. The molecule has 17 heavy (non-hydrogen) atoms. The second-order valence-electron chi connectivity index (χ2n) is 3.46. The Hall–Kier alpha value is -1.91. The van der Waals surface area contributed by atoms with E-state index < -0.39 is 0 Å². The lowest BCUT2D eigenvalue weighted by Crippen LogP contribution is -1.87. The highest BCUT2D eigenvalue weighted by Crippen LogP contribution is 2.21. The Morgan fingerprint density at radius 2 is 1.76 bits per heavy atom. The van der Waals surface area contributed by atoms with Crippen LogP contribution in [0.15, 0.2) is 48.5 Å². The van der Waals surface area contributed by atoms with E-state index in [1.54, 1.807) is 19.2 Å². The van der Waals surface area contributed by atoms with Crippen molar-refractivity contribution >= 4 is 11.6 Å². The Kier molecular flexibility index (Phi) is 3.69. The number of hydrogen-bond acceptors (Lipinski definition) is 1. The molecule has 0 bridgehead atoms. The number of benzene rings is 2. The summed E-state index contributed by atoms with van der Waals surface area (Å²) in [6, 6.07) is 15.2. The van der Waals surface area contributed by atoms with Crippen LogP contribution in [0.4, 0.5) is 0 Å². The lowest BCUT2D eigenvalue weighted by atomic mass is 10.1.